The Morgan fingerprint density at radius 2 is 1.60 bits per heavy atom. The molecule has 1 heterocycles. The molecule has 0 spiro atoms. The third-order valence-electron chi connectivity index (χ3n) is 6.72. The molecular formula is C31H45N5O6S. The van der Waals surface area contributed by atoms with E-state index in [2.05, 4.69) is 32.7 Å². The van der Waals surface area contributed by atoms with Gasteiger partial charge in [-0.15, -0.1) is 6.58 Å². The van der Waals surface area contributed by atoms with Crippen molar-refractivity contribution in [3.63, 3.8) is 0 Å². The van der Waals surface area contributed by atoms with E-state index in [9.17, 15) is 27.7 Å². The molecule has 0 aliphatic carbocycles. The van der Waals surface area contributed by atoms with Crippen LogP contribution in [-0.2, 0) is 14.9 Å². The summed E-state index contributed by atoms with van der Waals surface area (Å²) in [6.45, 7) is 4.32. The third-order valence-corrected chi connectivity index (χ3v) is 7.65. The lowest BCUT2D eigenvalue weighted by atomic mass is 10.0. The number of aromatic nitrogens is 1. The molecule has 1 aromatic carbocycles. The zero-order valence-electron chi connectivity index (χ0n) is 24.7. The number of aliphatic hydroxyl groups is 1. The van der Waals surface area contributed by atoms with Gasteiger partial charge in [-0.05, 0) is 50.3 Å². The summed E-state index contributed by atoms with van der Waals surface area (Å²) >= 11 is 0. The van der Waals surface area contributed by atoms with Gasteiger partial charge < -0.3 is 15.7 Å². The average Bonchev–Trinajstić information content (AvgIpc) is 2.99. The summed E-state index contributed by atoms with van der Waals surface area (Å²) in [5.41, 5.74) is 3.16. The van der Waals surface area contributed by atoms with Gasteiger partial charge in [0.1, 0.15) is 10.7 Å². The maximum atomic E-state index is 12.3. The van der Waals surface area contributed by atoms with Crippen molar-refractivity contribution in [2.24, 2.45) is 5.10 Å². The molecule has 43 heavy (non-hydrogen) atoms. The monoisotopic (exact) mass is 615 g/mol. The molecule has 2 aromatic rings. The topological polar surface area (TPSA) is 170 Å². The van der Waals surface area contributed by atoms with Crippen LogP contribution in [0.3, 0.4) is 0 Å². The molecule has 1 unspecified atom stereocenters. The van der Waals surface area contributed by atoms with Gasteiger partial charge in [0, 0.05) is 31.3 Å². The molecule has 2 rings (SSSR count). The molecule has 2 amide bonds. The van der Waals surface area contributed by atoms with Gasteiger partial charge in [-0.1, -0.05) is 62.8 Å². The van der Waals surface area contributed by atoms with Crippen molar-refractivity contribution in [3.05, 3.63) is 66.4 Å². The first-order valence-corrected chi connectivity index (χ1v) is 16.3. The van der Waals surface area contributed by atoms with Gasteiger partial charge in [-0.2, -0.15) is 13.5 Å². The van der Waals surface area contributed by atoms with Gasteiger partial charge in [0.25, 0.3) is 16.0 Å². The summed E-state index contributed by atoms with van der Waals surface area (Å²) in [5.74, 6) is -0.0672. The first-order valence-electron chi connectivity index (χ1n) is 14.9. The Balaban J connectivity index is 1.54. The van der Waals surface area contributed by atoms with Gasteiger partial charge in [0.05, 0.1) is 17.9 Å². The van der Waals surface area contributed by atoms with E-state index in [0.717, 1.165) is 57.8 Å². The van der Waals surface area contributed by atoms with E-state index >= 15 is 0 Å². The van der Waals surface area contributed by atoms with Crippen LogP contribution < -0.4 is 16.1 Å². The quantitative estimate of drug-likeness (QED) is 0.0412. The SMILES string of the molecule is C=CCCCCCCC(O)CCCCCCC(=O)NCCNC(=O)c1ccc(N/N=C/c2ccccc2S(=O)(=O)O)nc1. The molecule has 1 atom stereocenters. The van der Waals surface area contributed by atoms with Gasteiger partial charge in [-0.3, -0.25) is 19.6 Å². The van der Waals surface area contributed by atoms with Crippen molar-refractivity contribution < 1.29 is 27.7 Å². The van der Waals surface area contributed by atoms with Crippen LogP contribution in [0.2, 0.25) is 0 Å². The zero-order chi connectivity index (χ0) is 31.3. The molecular weight excluding hydrogens is 570 g/mol. The Morgan fingerprint density at radius 1 is 0.930 bits per heavy atom. The van der Waals surface area contributed by atoms with E-state index in [1.54, 1.807) is 12.1 Å². The van der Waals surface area contributed by atoms with Crippen molar-refractivity contribution in [3.8, 4) is 0 Å². The van der Waals surface area contributed by atoms with Crippen molar-refractivity contribution in [1.82, 2.24) is 15.6 Å². The number of pyridine rings is 1. The highest BCUT2D eigenvalue weighted by Gasteiger charge is 2.13. The minimum atomic E-state index is -4.38. The molecule has 0 saturated carbocycles. The molecule has 236 valence electrons. The highest BCUT2D eigenvalue weighted by molar-refractivity contribution is 7.86. The number of nitrogens with one attached hydrogen (secondary N) is 3. The van der Waals surface area contributed by atoms with Crippen LogP contribution in [0.5, 0.6) is 0 Å². The van der Waals surface area contributed by atoms with E-state index in [1.165, 1.54) is 49.5 Å². The maximum Gasteiger partial charge on any atom is 0.295 e. The number of aliphatic hydroxyl groups excluding tert-OH is 1. The van der Waals surface area contributed by atoms with E-state index in [4.69, 9.17) is 0 Å². The Labute approximate surface area is 255 Å². The molecule has 0 saturated heterocycles. The Bertz CT molecular complexity index is 1270. The molecule has 5 N–H and O–H groups in total. The van der Waals surface area contributed by atoms with E-state index in [0.29, 0.717) is 24.3 Å². The summed E-state index contributed by atoms with van der Waals surface area (Å²) in [4.78, 5) is 28.2. The number of unbranched alkanes of at least 4 members (excludes halogenated alkanes) is 7. The number of benzene rings is 1. The number of anilines is 1. The van der Waals surface area contributed by atoms with Crippen molar-refractivity contribution in [1.29, 1.82) is 0 Å². The van der Waals surface area contributed by atoms with Crippen molar-refractivity contribution in [2.75, 3.05) is 18.5 Å². The zero-order valence-corrected chi connectivity index (χ0v) is 25.5. The molecule has 12 heteroatoms. The molecule has 0 aliphatic heterocycles. The molecule has 0 aliphatic rings. The highest BCUT2D eigenvalue weighted by atomic mass is 32.2. The van der Waals surface area contributed by atoms with Crippen LogP contribution in [0.4, 0.5) is 5.82 Å². The van der Waals surface area contributed by atoms with Crippen LogP contribution >= 0.6 is 0 Å². The van der Waals surface area contributed by atoms with Crippen LogP contribution in [-0.4, -0.2) is 60.3 Å². The van der Waals surface area contributed by atoms with Gasteiger partial charge >= 0.3 is 0 Å². The summed E-state index contributed by atoms with van der Waals surface area (Å²) in [7, 11) is -4.38. The first kappa shape index (κ1) is 35.6. The van der Waals surface area contributed by atoms with Gasteiger partial charge in [-0.25, -0.2) is 4.98 Å². The van der Waals surface area contributed by atoms with E-state index in [-0.39, 0.29) is 34.9 Å². The van der Waals surface area contributed by atoms with Crippen LogP contribution in [0.25, 0.3) is 0 Å². The Kier molecular flexibility index (Phi) is 16.8. The molecule has 11 nitrogen and oxygen atoms in total. The minimum Gasteiger partial charge on any atom is -0.393 e. The number of hydrogen-bond donors (Lipinski definition) is 5. The second-order valence-corrected chi connectivity index (χ2v) is 11.7. The Morgan fingerprint density at radius 3 is 2.28 bits per heavy atom. The average molecular weight is 616 g/mol. The van der Waals surface area contributed by atoms with Crippen LogP contribution in [0.1, 0.15) is 93.0 Å². The van der Waals surface area contributed by atoms with Crippen molar-refractivity contribution >= 4 is 34.0 Å². The predicted molar refractivity (Wildman–Crippen MR) is 169 cm³/mol. The predicted octanol–water partition coefficient (Wildman–Crippen LogP) is 4.85. The molecule has 0 bridgehead atoms. The van der Waals surface area contributed by atoms with Crippen LogP contribution in [0.15, 0.2) is 65.2 Å². The van der Waals surface area contributed by atoms with E-state index in [1.807, 2.05) is 6.08 Å². The first-order chi connectivity index (χ1) is 20.7. The highest BCUT2D eigenvalue weighted by Crippen LogP contribution is 2.14. The van der Waals surface area contributed by atoms with Crippen LogP contribution in [0, 0.1) is 0 Å². The molecule has 1 aromatic heterocycles. The van der Waals surface area contributed by atoms with Gasteiger partial charge in [0.2, 0.25) is 5.91 Å². The largest absolute Gasteiger partial charge is 0.393 e. The maximum absolute atomic E-state index is 12.3. The Hall–Kier alpha value is -3.61. The summed E-state index contributed by atoms with van der Waals surface area (Å²) < 4.78 is 32.2. The minimum absolute atomic E-state index is 0.0531. The number of carbonyl (C=O) groups is 2. The lowest BCUT2D eigenvalue weighted by Crippen LogP contribution is -2.34. The van der Waals surface area contributed by atoms with E-state index < -0.39 is 10.1 Å². The lowest BCUT2D eigenvalue weighted by molar-refractivity contribution is -0.121. The number of hydrazone groups is 1. The normalized spacial score (nSPS) is 12.1. The number of nitrogens with zero attached hydrogens (tertiary/aromatic N) is 2. The summed E-state index contributed by atoms with van der Waals surface area (Å²) in [6, 6.07) is 8.94. The standard InChI is InChI=1S/C31H45N5O6S/c1-2-3-4-5-6-9-15-27(37)16-10-7-8-11-18-30(38)32-21-22-33-31(39)26-19-20-29(34-23-26)36-35-24-25-14-12-13-17-28(25)43(40,41)42/h2,12-14,17,19-20,23-24,27,37H,1,3-11,15-16,18,21-22H2,(H,32,38)(H,33,39)(H,34,36)(H,40,41,42)/b35-24+. The number of hydrogen-bond acceptors (Lipinski definition) is 8. The number of rotatable bonds is 22. The molecule has 0 fully saturated rings. The second-order valence-electron chi connectivity index (χ2n) is 10.3. The fourth-order valence-corrected chi connectivity index (χ4v) is 5.01. The number of amides is 2. The smallest absolute Gasteiger partial charge is 0.295 e. The fourth-order valence-electron chi connectivity index (χ4n) is 4.34. The fraction of sp³-hybridized carbons (Fsp3) is 0.484. The summed E-state index contributed by atoms with van der Waals surface area (Å²) in [5, 5.41) is 19.6. The summed E-state index contributed by atoms with van der Waals surface area (Å²) in [6.07, 6.45) is 15.8. The van der Waals surface area contributed by atoms with Crippen molar-refractivity contribution in [2.45, 2.75) is 88.0 Å². The number of allylic oxidation sites excluding steroid dienone is 1. The van der Waals surface area contributed by atoms with Gasteiger partial charge in [0.15, 0.2) is 0 Å². The molecule has 0 radical (unpaired) electrons. The number of carbonyl (C=O) groups excluding carboxylic acids is 2. The lowest BCUT2D eigenvalue weighted by Gasteiger charge is -2.10. The second kappa shape index (κ2) is 20.3. The third kappa shape index (κ3) is 15.4.